The molecule has 0 aliphatic rings. The van der Waals surface area contributed by atoms with Crippen LogP contribution in [0.2, 0.25) is 5.02 Å². The largest absolute Gasteiger partial charge is 0.493 e. The molecule has 3 rings (SSSR count). The molecule has 0 bridgehead atoms. The molecule has 0 unspecified atom stereocenters. The highest BCUT2D eigenvalue weighted by Gasteiger charge is 2.22. The zero-order valence-corrected chi connectivity index (χ0v) is 17.9. The van der Waals surface area contributed by atoms with Crippen LogP contribution in [0.5, 0.6) is 11.5 Å². The average Bonchev–Trinajstić information content (AvgIpc) is 3.07. The molecule has 0 N–H and O–H groups in total. The fourth-order valence-corrected chi connectivity index (χ4v) is 3.39. The maximum Gasteiger partial charge on any atom is 0.338 e. The Morgan fingerprint density at radius 2 is 2.07 bits per heavy atom. The predicted molar refractivity (Wildman–Crippen MR) is 113 cm³/mol. The Bertz CT molecular complexity index is 1080. The van der Waals surface area contributed by atoms with Gasteiger partial charge < -0.3 is 14.0 Å². The standard InChI is InChI=1S/C20H16BrClN2O5/c1-12-19(24(25)26)17(29-23-12)8-7-13-9-15(21)20(18(10-13)27-2)28-11-14-5-3-4-6-16(14)22/h3-10H,11H2,1-2H3. The first-order valence-electron chi connectivity index (χ1n) is 8.43. The molecule has 0 saturated carbocycles. The first kappa shape index (κ1) is 20.9. The lowest BCUT2D eigenvalue weighted by Gasteiger charge is -2.14. The van der Waals surface area contributed by atoms with Gasteiger partial charge in [0.25, 0.3) is 0 Å². The van der Waals surface area contributed by atoms with Gasteiger partial charge in [-0.2, -0.15) is 0 Å². The fraction of sp³-hybridized carbons (Fsp3) is 0.150. The third kappa shape index (κ3) is 4.78. The van der Waals surface area contributed by atoms with Crippen molar-refractivity contribution < 1.29 is 18.9 Å². The smallest absolute Gasteiger partial charge is 0.338 e. The first-order valence-corrected chi connectivity index (χ1v) is 9.60. The Morgan fingerprint density at radius 3 is 2.76 bits per heavy atom. The lowest BCUT2D eigenvalue weighted by molar-refractivity contribution is -0.386. The van der Waals surface area contributed by atoms with E-state index in [1.165, 1.54) is 20.1 Å². The van der Waals surface area contributed by atoms with Crippen molar-refractivity contribution in [3.63, 3.8) is 0 Å². The van der Waals surface area contributed by atoms with Gasteiger partial charge in [0, 0.05) is 10.6 Å². The highest BCUT2D eigenvalue weighted by molar-refractivity contribution is 9.10. The number of aryl methyl sites for hydroxylation is 1. The van der Waals surface area contributed by atoms with Crippen LogP contribution in [0, 0.1) is 17.0 Å². The lowest BCUT2D eigenvalue weighted by atomic mass is 10.1. The Labute approximate surface area is 180 Å². The highest BCUT2D eigenvalue weighted by Crippen LogP contribution is 2.38. The molecule has 0 atom stereocenters. The molecule has 3 aromatic rings. The van der Waals surface area contributed by atoms with E-state index in [9.17, 15) is 10.1 Å². The van der Waals surface area contributed by atoms with E-state index in [4.69, 9.17) is 25.6 Å². The molecule has 0 amide bonds. The number of hydrogen-bond donors (Lipinski definition) is 0. The molecule has 1 heterocycles. The number of nitrogens with zero attached hydrogens (tertiary/aromatic N) is 2. The summed E-state index contributed by atoms with van der Waals surface area (Å²) in [5, 5.41) is 15.4. The minimum Gasteiger partial charge on any atom is -0.493 e. The van der Waals surface area contributed by atoms with Crippen molar-refractivity contribution in [2.24, 2.45) is 0 Å². The summed E-state index contributed by atoms with van der Waals surface area (Å²) in [6, 6.07) is 11.0. The summed E-state index contributed by atoms with van der Waals surface area (Å²) in [5.74, 6) is 1.09. The maximum atomic E-state index is 11.1. The zero-order valence-electron chi connectivity index (χ0n) is 15.5. The van der Waals surface area contributed by atoms with E-state index in [1.807, 2.05) is 18.2 Å². The van der Waals surface area contributed by atoms with Crippen LogP contribution in [-0.2, 0) is 6.61 Å². The van der Waals surface area contributed by atoms with Gasteiger partial charge in [-0.05, 0) is 52.7 Å². The van der Waals surface area contributed by atoms with Crippen molar-refractivity contribution in [2.75, 3.05) is 7.11 Å². The normalized spacial score (nSPS) is 11.0. The number of halogens is 2. The Balaban J connectivity index is 1.85. The van der Waals surface area contributed by atoms with Gasteiger partial charge in [-0.25, -0.2) is 0 Å². The van der Waals surface area contributed by atoms with Gasteiger partial charge in [0.1, 0.15) is 6.61 Å². The molecule has 7 nitrogen and oxygen atoms in total. The summed E-state index contributed by atoms with van der Waals surface area (Å²) in [5.41, 5.74) is 1.63. The number of aromatic nitrogens is 1. The summed E-state index contributed by atoms with van der Waals surface area (Å²) in [7, 11) is 1.53. The monoisotopic (exact) mass is 478 g/mol. The summed E-state index contributed by atoms with van der Waals surface area (Å²) >= 11 is 9.65. The molecule has 0 aliphatic heterocycles. The van der Waals surface area contributed by atoms with Crippen molar-refractivity contribution in [2.45, 2.75) is 13.5 Å². The van der Waals surface area contributed by atoms with E-state index in [0.29, 0.717) is 21.0 Å². The second-order valence-electron chi connectivity index (χ2n) is 5.99. The summed E-state index contributed by atoms with van der Waals surface area (Å²) in [6.07, 6.45) is 3.15. The number of benzene rings is 2. The molecular weight excluding hydrogens is 464 g/mol. The molecule has 1 aromatic heterocycles. The highest BCUT2D eigenvalue weighted by atomic mass is 79.9. The molecule has 29 heavy (non-hydrogen) atoms. The van der Waals surface area contributed by atoms with E-state index >= 15 is 0 Å². The maximum absolute atomic E-state index is 11.1. The van der Waals surface area contributed by atoms with Crippen molar-refractivity contribution in [3.05, 3.63) is 78.6 Å². The quantitative estimate of drug-likeness (QED) is 0.302. The third-order valence-electron chi connectivity index (χ3n) is 4.05. The Morgan fingerprint density at radius 1 is 1.31 bits per heavy atom. The van der Waals surface area contributed by atoms with Crippen LogP contribution in [0.15, 0.2) is 45.4 Å². The number of hydrogen-bond acceptors (Lipinski definition) is 6. The molecule has 0 radical (unpaired) electrons. The Kier molecular flexibility index (Phi) is 6.56. The second kappa shape index (κ2) is 9.11. The number of nitro groups is 1. The summed E-state index contributed by atoms with van der Waals surface area (Å²) < 4.78 is 17.0. The van der Waals surface area contributed by atoms with E-state index < -0.39 is 4.92 Å². The van der Waals surface area contributed by atoms with Gasteiger partial charge in [-0.3, -0.25) is 10.1 Å². The molecule has 2 aromatic carbocycles. The van der Waals surface area contributed by atoms with Gasteiger partial charge in [-0.1, -0.05) is 41.0 Å². The molecular formula is C20H16BrClN2O5. The van der Waals surface area contributed by atoms with Crippen LogP contribution >= 0.6 is 27.5 Å². The van der Waals surface area contributed by atoms with Crippen LogP contribution in [0.25, 0.3) is 12.2 Å². The Hall–Kier alpha value is -2.84. The molecule has 0 aliphatic carbocycles. The molecule has 0 spiro atoms. The fourth-order valence-electron chi connectivity index (χ4n) is 2.63. The molecule has 150 valence electrons. The second-order valence-corrected chi connectivity index (χ2v) is 7.25. The molecule has 9 heteroatoms. The van der Waals surface area contributed by atoms with Crippen molar-refractivity contribution >= 4 is 45.4 Å². The number of rotatable bonds is 7. The van der Waals surface area contributed by atoms with E-state index in [0.717, 1.165) is 11.1 Å². The van der Waals surface area contributed by atoms with Crippen molar-refractivity contribution in [3.8, 4) is 11.5 Å². The van der Waals surface area contributed by atoms with E-state index in [1.54, 1.807) is 24.3 Å². The van der Waals surface area contributed by atoms with Crippen LogP contribution < -0.4 is 9.47 Å². The van der Waals surface area contributed by atoms with Crippen LogP contribution in [0.1, 0.15) is 22.6 Å². The number of ether oxygens (including phenoxy) is 2. The SMILES string of the molecule is COc1cc(C=Cc2onc(C)c2[N+](=O)[O-])cc(Br)c1OCc1ccccc1Cl. The van der Waals surface area contributed by atoms with Gasteiger partial charge in [0.15, 0.2) is 17.2 Å². The van der Waals surface area contributed by atoms with Crippen LogP contribution in [0.4, 0.5) is 5.69 Å². The van der Waals surface area contributed by atoms with Crippen LogP contribution in [0.3, 0.4) is 0 Å². The van der Waals surface area contributed by atoms with Gasteiger partial charge in [0.2, 0.25) is 5.76 Å². The topological polar surface area (TPSA) is 87.6 Å². The zero-order chi connectivity index (χ0) is 21.0. The lowest BCUT2D eigenvalue weighted by Crippen LogP contribution is -1.99. The minimum absolute atomic E-state index is 0.0710. The van der Waals surface area contributed by atoms with Gasteiger partial charge >= 0.3 is 5.69 Å². The first-order chi connectivity index (χ1) is 13.9. The van der Waals surface area contributed by atoms with Crippen molar-refractivity contribution in [1.82, 2.24) is 5.16 Å². The number of methoxy groups -OCH3 is 1. The summed E-state index contributed by atoms with van der Waals surface area (Å²) in [4.78, 5) is 10.6. The van der Waals surface area contributed by atoms with E-state index in [-0.39, 0.29) is 23.7 Å². The third-order valence-corrected chi connectivity index (χ3v) is 5.01. The minimum atomic E-state index is -0.520. The van der Waals surface area contributed by atoms with Gasteiger partial charge in [0.05, 0.1) is 16.5 Å². The van der Waals surface area contributed by atoms with E-state index in [2.05, 4.69) is 21.1 Å². The molecule has 0 fully saturated rings. The summed E-state index contributed by atoms with van der Waals surface area (Å²) in [6.45, 7) is 1.79. The van der Waals surface area contributed by atoms with Crippen LogP contribution in [-0.4, -0.2) is 17.2 Å². The average molecular weight is 480 g/mol. The van der Waals surface area contributed by atoms with Gasteiger partial charge in [-0.15, -0.1) is 0 Å². The molecule has 0 saturated heterocycles. The van der Waals surface area contributed by atoms with Crippen molar-refractivity contribution in [1.29, 1.82) is 0 Å². The predicted octanol–water partition coefficient (Wildman–Crippen LogP) is 6.07.